The number of anilines is 1. The van der Waals surface area contributed by atoms with Crippen molar-refractivity contribution in [2.75, 3.05) is 5.32 Å². The standard InChI is InChI=1S/C15H16F2N2/c1-3-11-7-10(2)8-18-15(11)19-9-12-13(16)5-4-6-14(12)17/h4-8H,3,9H2,1-2H3,(H,18,19). The lowest BCUT2D eigenvalue weighted by Gasteiger charge is -2.11. The molecule has 100 valence electrons. The molecule has 0 aliphatic heterocycles. The van der Waals surface area contributed by atoms with E-state index in [2.05, 4.69) is 10.3 Å². The highest BCUT2D eigenvalue weighted by molar-refractivity contribution is 5.46. The van der Waals surface area contributed by atoms with Gasteiger partial charge in [-0.3, -0.25) is 0 Å². The van der Waals surface area contributed by atoms with Gasteiger partial charge in [0.25, 0.3) is 0 Å². The van der Waals surface area contributed by atoms with E-state index < -0.39 is 11.6 Å². The number of pyridine rings is 1. The average Bonchev–Trinajstić information content (AvgIpc) is 2.39. The van der Waals surface area contributed by atoms with Crippen LogP contribution in [0.2, 0.25) is 0 Å². The van der Waals surface area contributed by atoms with E-state index in [1.54, 1.807) is 6.20 Å². The zero-order valence-corrected chi connectivity index (χ0v) is 11.0. The van der Waals surface area contributed by atoms with Gasteiger partial charge >= 0.3 is 0 Å². The van der Waals surface area contributed by atoms with Crippen LogP contribution in [0, 0.1) is 18.6 Å². The van der Waals surface area contributed by atoms with Crippen LogP contribution in [0.1, 0.15) is 23.6 Å². The van der Waals surface area contributed by atoms with Crippen LogP contribution in [0.5, 0.6) is 0 Å². The number of hydrogen-bond acceptors (Lipinski definition) is 2. The summed E-state index contributed by atoms with van der Waals surface area (Å²) in [5, 5.41) is 3.00. The summed E-state index contributed by atoms with van der Waals surface area (Å²) in [6.45, 7) is 4.07. The predicted molar refractivity (Wildman–Crippen MR) is 72.0 cm³/mol. The Morgan fingerprint density at radius 2 is 1.89 bits per heavy atom. The molecule has 1 heterocycles. The Morgan fingerprint density at radius 3 is 2.53 bits per heavy atom. The van der Waals surface area contributed by atoms with Gasteiger partial charge in [-0.1, -0.05) is 19.1 Å². The summed E-state index contributed by atoms with van der Waals surface area (Å²) in [5.74, 6) is -0.411. The van der Waals surface area contributed by atoms with E-state index in [4.69, 9.17) is 0 Å². The number of hydrogen-bond donors (Lipinski definition) is 1. The van der Waals surface area contributed by atoms with Crippen molar-refractivity contribution < 1.29 is 8.78 Å². The van der Waals surface area contributed by atoms with Crippen molar-refractivity contribution in [3.05, 3.63) is 58.8 Å². The zero-order valence-electron chi connectivity index (χ0n) is 11.0. The van der Waals surface area contributed by atoms with Crippen LogP contribution in [0.4, 0.5) is 14.6 Å². The van der Waals surface area contributed by atoms with Gasteiger partial charge in [0.1, 0.15) is 17.5 Å². The van der Waals surface area contributed by atoms with Gasteiger partial charge in [0.15, 0.2) is 0 Å². The molecule has 0 bridgehead atoms. The van der Waals surface area contributed by atoms with Crippen molar-refractivity contribution in [2.24, 2.45) is 0 Å². The minimum absolute atomic E-state index is 0.0342. The SMILES string of the molecule is CCc1cc(C)cnc1NCc1c(F)cccc1F. The fourth-order valence-electron chi connectivity index (χ4n) is 1.93. The maximum absolute atomic E-state index is 13.5. The summed E-state index contributed by atoms with van der Waals surface area (Å²) in [6, 6.07) is 5.88. The first-order valence-electron chi connectivity index (χ1n) is 6.24. The molecular weight excluding hydrogens is 246 g/mol. The van der Waals surface area contributed by atoms with Gasteiger partial charge in [-0.05, 0) is 36.6 Å². The third kappa shape index (κ3) is 3.08. The maximum Gasteiger partial charge on any atom is 0.131 e. The molecule has 2 nitrogen and oxygen atoms in total. The predicted octanol–water partition coefficient (Wildman–Crippen LogP) is 3.84. The van der Waals surface area contributed by atoms with Crippen LogP contribution in [0.15, 0.2) is 30.5 Å². The van der Waals surface area contributed by atoms with Crippen molar-refractivity contribution in [1.82, 2.24) is 4.98 Å². The number of benzene rings is 1. The fourth-order valence-corrected chi connectivity index (χ4v) is 1.93. The molecular formula is C15H16F2N2. The second kappa shape index (κ2) is 5.78. The molecule has 0 spiro atoms. The topological polar surface area (TPSA) is 24.9 Å². The molecule has 0 amide bonds. The van der Waals surface area contributed by atoms with Crippen LogP contribution < -0.4 is 5.32 Å². The quantitative estimate of drug-likeness (QED) is 0.905. The van der Waals surface area contributed by atoms with Crippen molar-refractivity contribution in [1.29, 1.82) is 0 Å². The number of rotatable bonds is 4. The molecule has 0 aliphatic carbocycles. The molecule has 0 saturated heterocycles. The highest BCUT2D eigenvalue weighted by atomic mass is 19.1. The summed E-state index contributed by atoms with van der Waals surface area (Å²) in [5.41, 5.74) is 2.14. The van der Waals surface area contributed by atoms with Crippen molar-refractivity contribution in [3.63, 3.8) is 0 Å². The minimum atomic E-state index is -0.544. The molecule has 0 radical (unpaired) electrons. The highest BCUT2D eigenvalue weighted by Gasteiger charge is 2.09. The van der Waals surface area contributed by atoms with Crippen molar-refractivity contribution in [3.8, 4) is 0 Å². The lowest BCUT2D eigenvalue weighted by atomic mass is 10.1. The number of aromatic nitrogens is 1. The largest absolute Gasteiger partial charge is 0.366 e. The number of nitrogens with zero attached hydrogens (tertiary/aromatic N) is 1. The molecule has 0 atom stereocenters. The lowest BCUT2D eigenvalue weighted by Crippen LogP contribution is -2.08. The molecule has 0 aliphatic rings. The van der Waals surface area contributed by atoms with E-state index in [0.717, 1.165) is 17.5 Å². The second-order valence-corrected chi connectivity index (χ2v) is 4.43. The molecule has 1 N–H and O–H groups in total. The Morgan fingerprint density at radius 1 is 1.21 bits per heavy atom. The average molecular weight is 262 g/mol. The molecule has 0 fully saturated rings. The second-order valence-electron chi connectivity index (χ2n) is 4.43. The Hall–Kier alpha value is -1.97. The number of aryl methyl sites for hydroxylation is 2. The summed E-state index contributed by atoms with van der Waals surface area (Å²) < 4.78 is 27.0. The van der Waals surface area contributed by atoms with E-state index in [-0.39, 0.29) is 12.1 Å². The summed E-state index contributed by atoms with van der Waals surface area (Å²) in [4.78, 5) is 4.27. The normalized spacial score (nSPS) is 10.5. The lowest BCUT2D eigenvalue weighted by molar-refractivity contribution is 0.560. The number of nitrogens with one attached hydrogen (secondary N) is 1. The van der Waals surface area contributed by atoms with Gasteiger partial charge in [0.2, 0.25) is 0 Å². The molecule has 0 unspecified atom stereocenters. The van der Waals surface area contributed by atoms with Gasteiger partial charge < -0.3 is 5.32 Å². The number of halogens is 2. The van der Waals surface area contributed by atoms with Crippen LogP contribution in [-0.2, 0) is 13.0 Å². The van der Waals surface area contributed by atoms with Crippen LogP contribution in [-0.4, -0.2) is 4.98 Å². The highest BCUT2D eigenvalue weighted by Crippen LogP contribution is 2.18. The van der Waals surface area contributed by atoms with Crippen molar-refractivity contribution in [2.45, 2.75) is 26.8 Å². The summed E-state index contributed by atoms with van der Waals surface area (Å²) in [7, 11) is 0. The van der Waals surface area contributed by atoms with Gasteiger partial charge in [0, 0.05) is 18.3 Å². The van der Waals surface area contributed by atoms with Gasteiger partial charge in [-0.15, -0.1) is 0 Å². The smallest absolute Gasteiger partial charge is 0.131 e. The van der Waals surface area contributed by atoms with Crippen LogP contribution >= 0.6 is 0 Å². The first-order valence-corrected chi connectivity index (χ1v) is 6.24. The third-order valence-electron chi connectivity index (χ3n) is 2.98. The Bertz CT molecular complexity index is 562. The van der Waals surface area contributed by atoms with Gasteiger partial charge in [-0.25, -0.2) is 13.8 Å². The Labute approximate surface area is 111 Å². The summed E-state index contributed by atoms with van der Waals surface area (Å²) >= 11 is 0. The van der Waals surface area contributed by atoms with Crippen LogP contribution in [0.25, 0.3) is 0 Å². The molecule has 4 heteroatoms. The van der Waals surface area contributed by atoms with E-state index in [1.807, 2.05) is 19.9 Å². The van der Waals surface area contributed by atoms with Gasteiger partial charge in [-0.2, -0.15) is 0 Å². The summed E-state index contributed by atoms with van der Waals surface area (Å²) in [6.07, 6.45) is 2.55. The molecule has 2 aromatic rings. The first-order chi connectivity index (χ1) is 9.11. The molecule has 2 rings (SSSR count). The van der Waals surface area contributed by atoms with E-state index in [9.17, 15) is 8.78 Å². The zero-order chi connectivity index (χ0) is 13.8. The minimum Gasteiger partial charge on any atom is -0.366 e. The molecule has 1 aromatic heterocycles. The Kier molecular flexibility index (Phi) is 4.10. The van der Waals surface area contributed by atoms with E-state index in [1.165, 1.54) is 18.2 Å². The monoisotopic (exact) mass is 262 g/mol. The molecule has 0 saturated carbocycles. The Balaban J connectivity index is 2.19. The van der Waals surface area contributed by atoms with Gasteiger partial charge in [0.05, 0.1) is 0 Å². The van der Waals surface area contributed by atoms with E-state index >= 15 is 0 Å². The first kappa shape index (κ1) is 13.5. The maximum atomic E-state index is 13.5. The van der Waals surface area contributed by atoms with E-state index in [0.29, 0.717) is 5.82 Å². The molecule has 1 aromatic carbocycles. The molecule has 19 heavy (non-hydrogen) atoms. The van der Waals surface area contributed by atoms with Crippen LogP contribution in [0.3, 0.4) is 0 Å². The fraction of sp³-hybridized carbons (Fsp3) is 0.267. The third-order valence-corrected chi connectivity index (χ3v) is 2.98. The van der Waals surface area contributed by atoms with Crippen molar-refractivity contribution >= 4 is 5.82 Å².